The van der Waals surface area contributed by atoms with Crippen molar-refractivity contribution in [3.63, 3.8) is 0 Å². The van der Waals surface area contributed by atoms with Gasteiger partial charge in [0.2, 0.25) is 5.82 Å². The number of methoxy groups -OCH3 is 1. The molecule has 3 aromatic heterocycles. The number of H-pyrrole nitrogens is 1. The van der Waals surface area contributed by atoms with Crippen molar-refractivity contribution >= 4 is 22.6 Å². The minimum atomic E-state index is -4.65. The Morgan fingerprint density at radius 1 is 1.12 bits per heavy atom. The lowest BCUT2D eigenvalue weighted by atomic mass is 9.88. The zero-order chi connectivity index (χ0) is 33.8. The third-order valence-corrected chi connectivity index (χ3v) is 9.21. The summed E-state index contributed by atoms with van der Waals surface area (Å²) in [5.41, 5.74) is 2.81. The number of hydrogen-bond donors (Lipinski definition) is 1. The van der Waals surface area contributed by atoms with E-state index in [1.54, 1.807) is 38.4 Å². The molecule has 5 heterocycles. The van der Waals surface area contributed by atoms with Crippen molar-refractivity contribution in [1.29, 1.82) is 0 Å². The molecule has 0 spiro atoms. The molecule has 15 heteroatoms. The Balaban J connectivity index is 1.09. The van der Waals surface area contributed by atoms with Gasteiger partial charge >= 0.3 is 6.18 Å². The molecule has 5 aromatic rings. The van der Waals surface area contributed by atoms with E-state index in [0.717, 1.165) is 42.8 Å². The van der Waals surface area contributed by atoms with Gasteiger partial charge in [0.1, 0.15) is 17.3 Å². The van der Waals surface area contributed by atoms with E-state index in [2.05, 4.69) is 25.1 Å². The van der Waals surface area contributed by atoms with Gasteiger partial charge in [0.25, 0.3) is 5.79 Å². The van der Waals surface area contributed by atoms with Crippen molar-refractivity contribution in [2.45, 2.75) is 63.8 Å². The summed E-state index contributed by atoms with van der Waals surface area (Å²) in [7, 11) is 1.64. The van der Waals surface area contributed by atoms with E-state index >= 15 is 0 Å². The molecule has 0 radical (unpaired) electrons. The minimum absolute atomic E-state index is 0.0898. The SMILES string of the molecule is COC(C)Cn1c(CN2CCC(c3cccc4c3O[C@@](C)(c3ccc(Cl)cc3F)O4)CC2)nc2cc(-c3nnc(C(F)(F)F)[nH]3)ncc21. The molecule has 7 rings (SSSR count). The molecule has 10 nitrogen and oxygen atoms in total. The van der Waals surface area contributed by atoms with Crippen LogP contribution in [0, 0.1) is 5.82 Å². The molecular weight excluding hydrogens is 654 g/mol. The number of rotatable bonds is 8. The number of aromatic nitrogens is 6. The van der Waals surface area contributed by atoms with E-state index in [0.29, 0.717) is 35.1 Å². The first-order valence-electron chi connectivity index (χ1n) is 15.5. The van der Waals surface area contributed by atoms with Crippen LogP contribution in [0.4, 0.5) is 17.6 Å². The Kier molecular flexibility index (Phi) is 8.28. The van der Waals surface area contributed by atoms with Gasteiger partial charge in [-0.3, -0.25) is 9.88 Å². The maximum Gasteiger partial charge on any atom is 0.451 e. The second-order valence-electron chi connectivity index (χ2n) is 12.3. The summed E-state index contributed by atoms with van der Waals surface area (Å²) in [6.07, 6.45) is -1.48. The van der Waals surface area contributed by atoms with Crippen LogP contribution < -0.4 is 9.47 Å². The summed E-state index contributed by atoms with van der Waals surface area (Å²) >= 11 is 5.97. The van der Waals surface area contributed by atoms with Crippen LogP contribution in [0.5, 0.6) is 11.5 Å². The number of halogens is 5. The number of nitrogens with one attached hydrogen (secondary N) is 1. The summed E-state index contributed by atoms with van der Waals surface area (Å²) in [6, 6.07) is 11.8. The zero-order valence-corrected chi connectivity index (χ0v) is 27.1. The number of nitrogens with zero attached hydrogens (tertiary/aromatic N) is 6. The minimum Gasteiger partial charge on any atom is -0.444 e. The largest absolute Gasteiger partial charge is 0.451 e. The fraction of sp³-hybridized carbons (Fsp3) is 0.394. The van der Waals surface area contributed by atoms with Crippen LogP contribution >= 0.6 is 11.6 Å². The van der Waals surface area contributed by atoms with Crippen molar-refractivity contribution in [2.24, 2.45) is 0 Å². The smallest absolute Gasteiger partial charge is 0.444 e. The fourth-order valence-electron chi connectivity index (χ4n) is 6.40. The Morgan fingerprint density at radius 2 is 1.92 bits per heavy atom. The predicted octanol–water partition coefficient (Wildman–Crippen LogP) is 7.09. The summed E-state index contributed by atoms with van der Waals surface area (Å²) < 4.78 is 74.2. The number of hydrogen-bond acceptors (Lipinski definition) is 8. The molecule has 1 unspecified atom stereocenters. The predicted molar refractivity (Wildman–Crippen MR) is 168 cm³/mol. The van der Waals surface area contributed by atoms with Crippen LogP contribution in [-0.4, -0.2) is 60.9 Å². The highest BCUT2D eigenvalue weighted by Gasteiger charge is 2.43. The summed E-state index contributed by atoms with van der Waals surface area (Å²) in [5.74, 6) is -0.923. The van der Waals surface area contributed by atoms with Gasteiger partial charge in [-0.15, -0.1) is 10.2 Å². The van der Waals surface area contributed by atoms with E-state index in [1.165, 1.54) is 6.07 Å². The number of aromatic amines is 1. The number of benzene rings is 2. The van der Waals surface area contributed by atoms with Crippen molar-refractivity contribution in [3.05, 3.63) is 82.3 Å². The molecule has 2 atom stereocenters. The molecule has 0 bridgehead atoms. The summed E-state index contributed by atoms with van der Waals surface area (Å²) in [6.45, 7) is 6.28. The van der Waals surface area contributed by atoms with Crippen molar-refractivity contribution in [2.75, 3.05) is 20.2 Å². The van der Waals surface area contributed by atoms with Crippen LogP contribution in [0.3, 0.4) is 0 Å². The Morgan fingerprint density at radius 3 is 2.62 bits per heavy atom. The van der Waals surface area contributed by atoms with Gasteiger partial charge < -0.3 is 23.8 Å². The topological polar surface area (TPSA) is 103 Å². The van der Waals surface area contributed by atoms with Gasteiger partial charge in [-0.25, -0.2) is 9.37 Å². The number of fused-ring (bicyclic) bond motifs is 2. The van der Waals surface area contributed by atoms with Gasteiger partial charge in [-0.1, -0.05) is 23.7 Å². The van der Waals surface area contributed by atoms with E-state index in [1.807, 2.05) is 29.7 Å². The van der Waals surface area contributed by atoms with Crippen LogP contribution in [-0.2, 0) is 29.8 Å². The molecule has 0 saturated carbocycles. The standard InChI is InChI=1S/C33H32ClF4N7O3/c1-18(46-3)16-45-26-15-39-25(30-41-31(43-42-30)33(36,37)38)14-24(26)40-28(45)17-44-11-9-19(10-12-44)21-5-4-6-27-29(21)48-32(2,47-27)22-8-7-20(34)13-23(22)35/h4-8,13-15,18-19H,9-12,16-17H2,1-3H3,(H,41,42,43)/t18?,32-/m0/s1. The lowest BCUT2D eigenvalue weighted by Crippen LogP contribution is -2.34. The normalized spacial score (nSPS) is 19.3. The van der Waals surface area contributed by atoms with E-state index in [9.17, 15) is 17.6 Å². The maximum atomic E-state index is 14.9. The van der Waals surface area contributed by atoms with E-state index in [4.69, 9.17) is 30.8 Å². The van der Waals surface area contributed by atoms with Gasteiger partial charge in [0.15, 0.2) is 17.3 Å². The number of para-hydroxylation sites is 1. The van der Waals surface area contributed by atoms with Crippen LogP contribution in [0.15, 0.2) is 48.7 Å². The first kappa shape index (κ1) is 32.3. The van der Waals surface area contributed by atoms with E-state index < -0.39 is 23.6 Å². The maximum absolute atomic E-state index is 14.9. The Bertz CT molecular complexity index is 1970. The highest BCUT2D eigenvalue weighted by molar-refractivity contribution is 6.30. The van der Waals surface area contributed by atoms with Gasteiger partial charge in [0.05, 0.1) is 42.0 Å². The first-order chi connectivity index (χ1) is 22.9. The number of pyridine rings is 1. The molecule has 0 aliphatic carbocycles. The zero-order valence-electron chi connectivity index (χ0n) is 26.3. The molecule has 1 fully saturated rings. The van der Waals surface area contributed by atoms with Crippen LogP contribution in [0.2, 0.25) is 5.02 Å². The molecule has 1 N–H and O–H groups in total. The highest BCUT2D eigenvalue weighted by Crippen LogP contribution is 2.50. The second-order valence-corrected chi connectivity index (χ2v) is 12.7. The third-order valence-electron chi connectivity index (χ3n) is 8.98. The summed E-state index contributed by atoms with van der Waals surface area (Å²) in [4.78, 5) is 13.8. The van der Waals surface area contributed by atoms with Crippen molar-refractivity contribution < 1.29 is 31.8 Å². The summed E-state index contributed by atoms with van der Waals surface area (Å²) in [5, 5.41) is 7.15. The molecule has 48 heavy (non-hydrogen) atoms. The number of piperidine rings is 1. The molecule has 2 aliphatic heterocycles. The molecule has 1 saturated heterocycles. The first-order valence-corrected chi connectivity index (χ1v) is 15.9. The number of imidazole rings is 1. The number of alkyl halides is 3. The van der Waals surface area contributed by atoms with Crippen LogP contribution in [0.1, 0.15) is 55.4 Å². The third kappa shape index (κ3) is 6.08. The molecular formula is C33H32ClF4N7O3. The molecule has 0 amide bonds. The lowest BCUT2D eigenvalue weighted by molar-refractivity contribution is -0.144. The monoisotopic (exact) mass is 685 g/mol. The lowest BCUT2D eigenvalue weighted by Gasteiger charge is -2.32. The second kappa shape index (κ2) is 12.3. The Labute approximate surface area is 278 Å². The average Bonchev–Trinajstić information content (AvgIpc) is 3.77. The van der Waals surface area contributed by atoms with Gasteiger partial charge in [-0.2, -0.15) is 13.2 Å². The van der Waals surface area contributed by atoms with Crippen molar-refractivity contribution in [3.8, 4) is 23.0 Å². The number of ether oxygens (including phenoxy) is 3. The number of likely N-dealkylation sites (tertiary alicyclic amines) is 1. The Hall–Kier alpha value is -4.27. The van der Waals surface area contributed by atoms with Gasteiger partial charge in [-0.05, 0) is 69.1 Å². The molecule has 2 aromatic carbocycles. The van der Waals surface area contributed by atoms with Crippen LogP contribution in [0.25, 0.3) is 22.6 Å². The van der Waals surface area contributed by atoms with E-state index in [-0.39, 0.29) is 29.1 Å². The van der Waals surface area contributed by atoms with Gasteiger partial charge in [0, 0.05) is 24.6 Å². The molecule has 2 aliphatic rings. The quantitative estimate of drug-likeness (QED) is 0.173. The highest BCUT2D eigenvalue weighted by atomic mass is 35.5. The average molecular weight is 686 g/mol. The molecule has 252 valence electrons. The fourth-order valence-corrected chi connectivity index (χ4v) is 6.56. The van der Waals surface area contributed by atoms with Crippen molar-refractivity contribution in [1.82, 2.24) is 34.6 Å².